The minimum Gasteiger partial charge on any atom is -0.313 e. The van der Waals surface area contributed by atoms with Crippen molar-refractivity contribution in [1.29, 1.82) is 0 Å². The second kappa shape index (κ2) is 6.88. The fourth-order valence-corrected chi connectivity index (χ4v) is 3.95. The molecule has 0 aromatic heterocycles. The van der Waals surface area contributed by atoms with E-state index < -0.39 is 0 Å². The second-order valence-electron chi connectivity index (χ2n) is 6.03. The first-order valence-corrected chi connectivity index (χ1v) is 7.94. The third-order valence-electron chi connectivity index (χ3n) is 4.92. The second-order valence-corrected chi connectivity index (χ2v) is 6.03. The van der Waals surface area contributed by atoms with Crippen LogP contribution in [0.4, 0.5) is 0 Å². The van der Waals surface area contributed by atoms with Crippen molar-refractivity contribution in [2.24, 2.45) is 0 Å². The van der Waals surface area contributed by atoms with Gasteiger partial charge in [-0.2, -0.15) is 0 Å². The largest absolute Gasteiger partial charge is 0.313 e. The lowest BCUT2D eigenvalue weighted by Crippen LogP contribution is -2.49. The fourth-order valence-electron chi connectivity index (χ4n) is 3.95. The highest BCUT2D eigenvalue weighted by atomic mass is 15.2. The van der Waals surface area contributed by atoms with Crippen molar-refractivity contribution in [2.75, 3.05) is 33.2 Å². The Morgan fingerprint density at radius 3 is 2.72 bits per heavy atom. The molecule has 1 saturated heterocycles. The van der Waals surface area contributed by atoms with Gasteiger partial charge in [-0.3, -0.25) is 4.90 Å². The summed E-state index contributed by atoms with van der Waals surface area (Å²) >= 11 is 0. The maximum Gasteiger partial charge on any atom is 0.0246 e. The lowest BCUT2D eigenvalue weighted by atomic mass is 10.1. The first-order chi connectivity index (χ1) is 8.76. The molecular formula is C15H31N3. The number of nitrogens with zero attached hydrogens (tertiary/aromatic N) is 2. The fraction of sp³-hybridized carbons (Fsp3) is 1.00. The van der Waals surface area contributed by atoms with Crippen LogP contribution in [0.3, 0.4) is 0 Å². The van der Waals surface area contributed by atoms with E-state index in [0.717, 1.165) is 24.7 Å². The molecular weight excluding hydrogens is 222 g/mol. The van der Waals surface area contributed by atoms with Crippen LogP contribution in [-0.2, 0) is 0 Å². The molecule has 1 aliphatic carbocycles. The predicted octanol–water partition coefficient (Wildman–Crippen LogP) is 1.93. The van der Waals surface area contributed by atoms with E-state index in [-0.39, 0.29) is 0 Å². The van der Waals surface area contributed by atoms with E-state index in [2.05, 4.69) is 36.0 Å². The van der Waals surface area contributed by atoms with Gasteiger partial charge in [0.05, 0.1) is 0 Å². The van der Waals surface area contributed by atoms with E-state index in [1.165, 1.54) is 51.7 Å². The van der Waals surface area contributed by atoms with Crippen LogP contribution in [0.5, 0.6) is 0 Å². The molecule has 0 radical (unpaired) electrons. The van der Waals surface area contributed by atoms with E-state index in [1.807, 2.05) is 0 Å². The molecule has 18 heavy (non-hydrogen) atoms. The Bertz CT molecular complexity index is 244. The van der Waals surface area contributed by atoms with Gasteiger partial charge in [0.15, 0.2) is 0 Å². The van der Waals surface area contributed by atoms with Gasteiger partial charge < -0.3 is 10.2 Å². The van der Waals surface area contributed by atoms with Crippen LogP contribution in [-0.4, -0.2) is 61.2 Å². The van der Waals surface area contributed by atoms with Crippen LogP contribution >= 0.6 is 0 Å². The highest BCUT2D eigenvalue weighted by Crippen LogP contribution is 2.25. The molecule has 3 atom stereocenters. The van der Waals surface area contributed by atoms with Crippen molar-refractivity contribution >= 4 is 0 Å². The summed E-state index contributed by atoms with van der Waals surface area (Å²) in [5.41, 5.74) is 0. The van der Waals surface area contributed by atoms with Crippen LogP contribution in [0.2, 0.25) is 0 Å². The Morgan fingerprint density at radius 1 is 1.17 bits per heavy atom. The molecule has 1 heterocycles. The molecule has 2 aliphatic rings. The van der Waals surface area contributed by atoms with Gasteiger partial charge in [0.1, 0.15) is 0 Å². The van der Waals surface area contributed by atoms with Crippen LogP contribution < -0.4 is 5.32 Å². The summed E-state index contributed by atoms with van der Waals surface area (Å²) < 4.78 is 0. The Hall–Kier alpha value is -0.120. The molecule has 2 fully saturated rings. The molecule has 106 valence electrons. The summed E-state index contributed by atoms with van der Waals surface area (Å²) in [6, 6.07) is 2.31. The summed E-state index contributed by atoms with van der Waals surface area (Å²) in [6.07, 6.45) is 6.94. The van der Waals surface area contributed by atoms with E-state index in [9.17, 15) is 0 Å². The molecule has 0 aromatic rings. The standard InChI is InChI=1S/C15H31N3/c1-4-16-14-9-6-10-15(14)17(3)12-13-8-7-11-18(13)5-2/h13-16H,4-12H2,1-3H3. The summed E-state index contributed by atoms with van der Waals surface area (Å²) in [7, 11) is 2.34. The average Bonchev–Trinajstić information content (AvgIpc) is 2.98. The first kappa shape index (κ1) is 14.3. The maximum atomic E-state index is 3.67. The first-order valence-electron chi connectivity index (χ1n) is 7.94. The van der Waals surface area contributed by atoms with Gasteiger partial charge in [0.2, 0.25) is 0 Å². The lowest BCUT2D eigenvalue weighted by Gasteiger charge is -2.34. The van der Waals surface area contributed by atoms with Gasteiger partial charge >= 0.3 is 0 Å². The van der Waals surface area contributed by atoms with E-state index in [1.54, 1.807) is 0 Å². The summed E-state index contributed by atoms with van der Waals surface area (Å²) in [6.45, 7) is 9.44. The smallest absolute Gasteiger partial charge is 0.0246 e. The topological polar surface area (TPSA) is 18.5 Å². The van der Waals surface area contributed by atoms with Gasteiger partial charge in [-0.15, -0.1) is 0 Å². The molecule has 3 heteroatoms. The number of likely N-dealkylation sites (N-methyl/N-ethyl adjacent to an activating group) is 3. The van der Waals surface area contributed by atoms with Crippen molar-refractivity contribution in [1.82, 2.24) is 15.1 Å². The highest BCUT2D eigenvalue weighted by molar-refractivity contribution is 4.91. The van der Waals surface area contributed by atoms with E-state index in [4.69, 9.17) is 0 Å². The molecule has 0 bridgehead atoms. The average molecular weight is 253 g/mol. The number of rotatable bonds is 6. The van der Waals surface area contributed by atoms with Crippen LogP contribution in [0.15, 0.2) is 0 Å². The lowest BCUT2D eigenvalue weighted by molar-refractivity contribution is 0.150. The van der Waals surface area contributed by atoms with Gasteiger partial charge in [0.25, 0.3) is 0 Å². The molecule has 0 aromatic carbocycles. The summed E-state index contributed by atoms with van der Waals surface area (Å²) in [5.74, 6) is 0. The quantitative estimate of drug-likeness (QED) is 0.780. The highest BCUT2D eigenvalue weighted by Gasteiger charge is 2.32. The van der Waals surface area contributed by atoms with E-state index >= 15 is 0 Å². The number of likely N-dealkylation sites (tertiary alicyclic amines) is 1. The third-order valence-corrected chi connectivity index (χ3v) is 4.92. The minimum absolute atomic E-state index is 0.733. The predicted molar refractivity (Wildman–Crippen MR) is 78.0 cm³/mol. The van der Waals surface area contributed by atoms with Crippen LogP contribution in [0.25, 0.3) is 0 Å². The number of nitrogens with one attached hydrogen (secondary N) is 1. The van der Waals surface area contributed by atoms with Crippen LogP contribution in [0, 0.1) is 0 Å². The Balaban J connectivity index is 1.84. The molecule has 3 nitrogen and oxygen atoms in total. The van der Waals surface area contributed by atoms with E-state index in [0.29, 0.717) is 0 Å². The minimum atomic E-state index is 0.733. The number of hydrogen-bond donors (Lipinski definition) is 1. The third kappa shape index (κ3) is 3.25. The maximum absolute atomic E-state index is 3.67. The van der Waals surface area contributed by atoms with Crippen molar-refractivity contribution in [3.8, 4) is 0 Å². The van der Waals surface area contributed by atoms with Crippen molar-refractivity contribution in [3.63, 3.8) is 0 Å². The van der Waals surface area contributed by atoms with Crippen LogP contribution in [0.1, 0.15) is 46.0 Å². The molecule has 0 spiro atoms. The number of hydrogen-bond acceptors (Lipinski definition) is 3. The molecule has 2 rings (SSSR count). The van der Waals surface area contributed by atoms with Crippen molar-refractivity contribution in [3.05, 3.63) is 0 Å². The zero-order chi connectivity index (χ0) is 13.0. The van der Waals surface area contributed by atoms with Gasteiger partial charge in [-0.25, -0.2) is 0 Å². The molecule has 3 unspecified atom stereocenters. The monoisotopic (exact) mass is 253 g/mol. The molecule has 1 aliphatic heterocycles. The zero-order valence-electron chi connectivity index (χ0n) is 12.5. The Labute approximate surface area is 113 Å². The molecule has 0 amide bonds. The van der Waals surface area contributed by atoms with Crippen molar-refractivity contribution in [2.45, 2.75) is 64.1 Å². The van der Waals surface area contributed by atoms with Gasteiger partial charge in [0, 0.05) is 24.7 Å². The summed E-state index contributed by atoms with van der Waals surface area (Å²) in [5, 5.41) is 3.67. The normalized spacial score (nSPS) is 33.7. The Morgan fingerprint density at radius 2 is 2.00 bits per heavy atom. The zero-order valence-corrected chi connectivity index (χ0v) is 12.5. The summed E-state index contributed by atoms with van der Waals surface area (Å²) in [4.78, 5) is 5.30. The Kier molecular flexibility index (Phi) is 5.46. The van der Waals surface area contributed by atoms with Gasteiger partial charge in [-0.05, 0) is 52.4 Å². The van der Waals surface area contributed by atoms with Gasteiger partial charge in [-0.1, -0.05) is 20.3 Å². The molecule has 1 N–H and O–H groups in total. The van der Waals surface area contributed by atoms with Crippen molar-refractivity contribution < 1.29 is 0 Å². The SMILES string of the molecule is CCNC1CCCC1N(C)CC1CCCN1CC. The molecule has 1 saturated carbocycles.